The highest BCUT2D eigenvalue weighted by Gasteiger charge is 2.22. The van der Waals surface area contributed by atoms with Crippen LogP contribution in [-0.2, 0) is 17.9 Å². The molecule has 1 saturated heterocycles. The standard InChI is InChI=1S/C18H29N9O/c1-14(2)25(3)12-16-22-23-24-27(16)13-17(28)21-10-15-6-4-9-26(11-15)18-19-7-5-8-20-18/h5,7-8,14-15H,4,6,9-13H2,1-3H3,(H,21,28). The molecule has 3 heterocycles. The number of carbonyl (C=O) groups is 1. The van der Waals surface area contributed by atoms with Gasteiger partial charge in [-0.3, -0.25) is 9.69 Å². The number of aromatic nitrogens is 6. The molecule has 152 valence electrons. The van der Waals surface area contributed by atoms with Crippen molar-refractivity contribution in [3.8, 4) is 0 Å². The summed E-state index contributed by atoms with van der Waals surface area (Å²) in [6.45, 7) is 7.37. The number of nitrogens with zero attached hydrogens (tertiary/aromatic N) is 8. The number of piperidine rings is 1. The molecule has 0 aromatic carbocycles. The Morgan fingerprint density at radius 2 is 2.14 bits per heavy atom. The average Bonchev–Trinajstić information content (AvgIpc) is 3.13. The van der Waals surface area contributed by atoms with Gasteiger partial charge in [0.05, 0.1) is 6.54 Å². The molecule has 1 fully saturated rings. The normalized spacial score (nSPS) is 17.3. The Morgan fingerprint density at radius 1 is 1.36 bits per heavy atom. The van der Waals surface area contributed by atoms with Crippen molar-refractivity contribution < 1.29 is 4.79 Å². The van der Waals surface area contributed by atoms with Gasteiger partial charge in [-0.25, -0.2) is 14.6 Å². The first kappa shape index (κ1) is 20.1. The van der Waals surface area contributed by atoms with E-state index in [1.54, 1.807) is 17.1 Å². The number of rotatable bonds is 8. The number of anilines is 1. The maximum Gasteiger partial charge on any atom is 0.241 e. The molecule has 10 heteroatoms. The minimum atomic E-state index is -0.0752. The molecule has 0 aliphatic carbocycles. The Bertz CT molecular complexity index is 749. The number of hydrogen-bond donors (Lipinski definition) is 1. The van der Waals surface area contributed by atoms with Crippen LogP contribution in [0.25, 0.3) is 0 Å². The minimum Gasteiger partial charge on any atom is -0.354 e. The van der Waals surface area contributed by atoms with Gasteiger partial charge in [-0.2, -0.15) is 0 Å². The average molecular weight is 387 g/mol. The third-order valence-electron chi connectivity index (χ3n) is 5.11. The molecule has 1 aliphatic heterocycles. The zero-order valence-corrected chi connectivity index (χ0v) is 16.8. The molecular weight excluding hydrogens is 358 g/mol. The van der Waals surface area contributed by atoms with Gasteiger partial charge < -0.3 is 10.2 Å². The third kappa shape index (κ3) is 5.44. The van der Waals surface area contributed by atoms with E-state index >= 15 is 0 Å². The fourth-order valence-electron chi connectivity index (χ4n) is 3.18. The molecule has 1 aliphatic rings. The number of carbonyl (C=O) groups excluding carboxylic acids is 1. The largest absolute Gasteiger partial charge is 0.354 e. The van der Waals surface area contributed by atoms with Gasteiger partial charge in [-0.1, -0.05) is 0 Å². The predicted molar refractivity (Wildman–Crippen MR) is 104 cm³/mol. The molecule has 10 nitrogen and oxygen atoms in total. The summed E-state index contributed by atoms with van der Waals surface area (Å²) >= 11 is 0. The van der Waals surface area contributed by atoms with E-state index in [2.05, 4.69) is 54.5 Å². The maximum absolute atomic E-state index is 12.4. The highest BCUT2D eigenvalue weighted by Crippen LogP contribution is 2.19. The van der Waals surface area contributed by atoms with E-state index in [9.17, 15) is 4.79 Å². The maximum atomic E-state index is 12.4. The second-order valence-electron chi connectivity index (χ2n) is 7.57. The van der Waals surface area contributed by atoms with E-state index in [-0.39, 0.29) is 12.5 Å². The van der Waals surface area contributed by atoms with Crippen molar-refractivity contribution in [1.82, 2.24) is 40.4 Å². The van der Waals surface area contributed by atoms with Crippen LogP contribution in [0.1, 0.15) is 32.5 Å². The Labute approximate surface area is 165 Å². The Hall–Kier alpha value is -2.62. The van der Waals surface area contributed by atoms with Crippen molar-refractivity contribution >= 4 is 11.9 Å². The molecular formula is C18H29N9O. The van der Waals surface area contributed by atoms with E-state index in [1.165, 1.54) is 0 Å². The first-order chi connectivity index (χ1) is 13.5. The predicted octanol–water partition coefficient (Wildman–Crippen LogP) is 0.336. The topological polar surface area (TPSA) is 105 Å². The van der Waals surface area contributed by atoms with Gasteiger partial charge in [-0.05, 0) is 56.1 Å². The van der Waals surface area contributed by atoms with Crippen LogP contribution in [0.4, 0.5) is 5.95 Å². The minimum absolute atomic E-state index is 0.0752. The smallest absolute Gasteiger partial charge is 0.241 e. The summed E-state index contributed by atoms with van der Waals surface area (Å²) in [7, 11) is 2.01. The van der Waals surface area contributed by atoms with E-state index in [0.717, 1.165) is 31.9 Å². The van der Waals surface area contributed by atoms with Gasteiger partial charge in [0.25, 0.3) is 0 Å². The summed E-state index contributed by atoms with van der Waals surface area (Å²) in [4.78, 5) is 25.4. The van der Waals surface area contributed by atoms with Crippen molar-refractivity contribution in [2.75, 3.05) is 31.6 Å². The lowest BCUT2D eigenvalue weighted by Gasteiger charge is -2.32. The van der Waals surface area contributed by atoms with Gasteiger partial charge >= 0.3 is 0 Å². The van der Waals surface area contributed by atoms with Crippen LogP contribution in [0.5, 0.6) is 0 Å². The molecule has 1 N–H and O–H groups in total. The highest BCUT2D eigenvalue weighted by atomic mass is 16.2. The second-order valence-corrected chi connectivity index (χ2v) is 7.57. The molecule has 1 atom stereocenters. The molecule has 1 unspecified atom stereocenters. The van der Waals surface area contributed by atoms with Gasteiger partial charge in [0, 0.05) is 38.1 Å². The number of nitrogens with one attached hydrogen (secondary N) is 1. The van der Waals surface area contributed by atoms with Crippen LogP contribution in [0.3, 0.4) is 0 Å². The highest BCUT2D eigenvalue weighted by molar-refractivity contribution is 5.75. The third-order valence-corrected chi connectivity index (χ3v) is 5.11. The Morgan fingerprint density at radius 3 is 2.89 bits per heavy atom. The van der Waals surface area contributed by atoms with Crippen LogP contribution in [0.2, 0.25) is 0 Å². The first-order valence-corrected chi connectivity index (χ1v) is 9.77. The van der Waals surface area contributed by atoms with Crippen molar-refractivity contribution in [1.29, 1.82) is 0 Å². The summed E-state index contributed by atoms with van der Waals surface area (Å²) in [5.74, 6) is 1.75. The van der Waals surface area contributed by atoms with Gasteiger partial charge in [0.2, 0.25) is 11.9 Å². The molecule has 0 radical (unpaired) electrons. The molecule has 1 amide bonds. The summed E-state index contributed by atoms with van der Waals surface area (Å²) in [6.07, 6.45) is 5.67. The fourth-order valence-corrected chi connectivity index (χ4v) is 3.18. The van der Waals surface area contributed by atoms with Crippen molar-refractivity contribution in [2.45, 2.75) is 45.8 Å². The molecule has 2 aromatic heterocycles. The monoisotopic (exact) mass is 387 g/mol. The number of hydrogen-bond acceptors (Lipinski definition) is 8. The summed E-state index contributed by atoms with van der Waals surface area (Å²) < 4.78 is 1.57. The van der Waals surface area contributed by atoms with Crippen LogP contribution >= 0.6 is 0 Å². The van der Waals surface area contributed by atoms with Gasteiger partial charge in [0.1, 0.15) is 6.54 Å². The van der Waals surface area contributed by atoms with E-state index in [0.29, 0.717) is 30.9 Å². The molecule has 2 aromatic rings. The van der Waals surface area contributed by atoms with Crippen molar-refractivity contribution in [3.63, 3.8) is 0 Å². The lowest BCUT2D eigenvalue weighted by molar-refractivity contribution is -0.122. The van der Waals surface area contributed by atoms with Gasteiger partial charge in [-0.15, -0.1) is 5.10 Å². The zero-order valence-electron chi connectivity index (χ0n) is 16.8. The van der Waals surface area contributed by atoms with Crippen LogP contribution < -0.4 is 10.2 Å². The Balaban J connectivity index is 1.48. The molecule has 0 saturated carbocycles. The molecule has 0 bridgehead atoms. The molecule has 28 heavy (non-hydrogen) atoms. The number of amides is 1. The van der Waals surface area contributed by atoms with Crippen molar-refractivity contribution in [2.24, 2.45) is 5.92 Å². The van der Waals surface area contributed by atoms with Gasteiger partial charge in [0.15, 0.2) is 5.82 Å². The van der Waals surface area contributed by atoms with Crippen LogP contribution in [-0.4, -0.2) is 73.7 Å². The second kappa shape index (κ2) is 9.54. The lowest BCUT2D eigenvalue weighted by Crippen LogP contribution is -2.42. The fraction of sp³-hybridized carbons (Fsp3) is 0.667. The van der Waals surface area contributed by atoms with E-state index in [1.807, 2.05) is 13.1 Å². The Kier molecular flexibility index (Phi) is 6.85. The first-order valence-electron chi connectivity index (χ1n) is 9.77. The summed E-state index contributed by atoms with van der Waals surface area (Å²) in [5.41, 5.74) is 0. The van der Waals surface area contributed by atoms with Crippen molar-refractivity contribution in [3.05, 3.63) is 24.3 Å². The van der Waals surface area contributed by atoms with E-state index < -0.39 is 0 Å². The quantitative estimate of drug-likeness (QED) is 0.691. The molecule has 3 rings (SSSR count). The van der Waals surface area contributed by atoms with Crippen LogP contribution in [0, 0.1) is 5.92 Å². The molecule has 0 spiro atoms. The number of tetrazole rings is 1. The van der Waals surface area contributed by atoms with E-state index in [4.69, 9.17) is 0 Å². The summed E-state index contributed by atoms with van der Waals surface area (Å²) in [6, 6.07) is 2.19. The SMILES string of the molecule is CC(C)N(C)Cc1nnnn1CC(=O)NCC1CCCN(c2ncccn2)C1. The zero-order chi connectivity index (χ0) is 19.9. The van der Waals surface area contributed by atoms with Crippen LogP contribution in [0.15, 0.2) is 18.5 Å². The lowest BCUT2D eigenvalue weighted by atomic mass is 9.98. The summed E-state index contributed by atoms with van der Waals surface area (Å²) in [5, 5.41) is 14.7.